The second-order valence-electron chi connectivity index (χ2n) is 6.94. The lowest BCUT2D eigenvalue weighted by Gasteiger charge is -2.30. The highest BCUT2D eigenvalue weighted by Gasteiger charge is 2.52. The number of hydrogen-bond donors (Lipinski definition) is 2. The molecule has 0 aliphatic carbocycles. The maximum atomic E-state index is 14.9. The SMILES string of the molecule is CNC(=O)[C@@H]1c2ccccc2CN1C(=O)C(F)(F)[C@H](N)Cc1cc(F)c(F)cc1F. The number of amides is 2. The lowest BCUT2D eigenvalue weighted by Crippen LogP contribution is -2.55. The smallest absolute Gasteiger partial charge is 0.339 e. The Balaban J connectivity index is 1.87. The molecule has 5 nitrogen and oxygen atoms in total. The normalized spacial score (nSPS) is 16.9. The second-order valence-corrected chi connectivity index (χ2v) is 6.94. The van der Waals surface area contributed by atoms with Crippen LogP contribution in [0, 0.1) is 17.5 Å². The Labute approximate surface area is 168 Å². The number of alkyl halides is 2. The first-order valence-corrected chi connectivity index (χ1v) is 8.95. The molecule has 160 valence electrons. The molecule has 2 amide bonds. The second kappa shape index (κ2) is 8.02. The highest BCUT2D eigenvalue weighted by atomic mass is 19.3. The van der Waals surface area contributed by atoms with Crippen molar-refractivity contribution in [3.8, 4) is 0 Å². The van der Waals surface area contributed by atoms with Crippen LogP contribution >= 0.6 is 0 Å². The van der Waals surface area contributed by atoms with Crippen molar-refractivity contribution in [2.45, 2.75) is 31.0 Å². The Morgan fingerprint density at radius 2 is 1.80 bits per heavy atom. The third-order valence-electron chi connectivity index (χ3n) is 5.04. The molecular weight excluding hydrogens is 409 g/mol. The van der Waals surface area contributed by atoms with Crippen molar-refractivity contribution in [3.63, 3.8) is 0 Å². The molecule has 0 unspecified atom stereocenters. The summed E-state index contributed by atoms with van der Waals surface area (Å²) in [5, 5.41) is 2.34. The zero-order valence-corrected chi connectivity index (χ0v) is 15.8. The standard InChI is InChI=1S/C20H18F5N3O2/c1-27-18(29)17-12-5-3-2-4-10(12)9-28(17)19(30)20(24,25)16(26)7-11-6-14(22)15(23)8-13(11)21/h2-6,8,16-17H,7,9,26H2,1H3,(H,27,29)/t16-,17+/m1/s1. The van der Waals surface area contributed by atoms with E-state index < -0.39 is 59.3 Å². The average Bonchev–Trinajstić information content (AvgIpc) is 3.10. The van der Waals surface area contributed by atoms with Crippen LogP contribution in [0.1, 0.15) is 22.7 Å². The number of nitrogens with zero attached hydrogens (tertiary/aromatic N) is 1. The molecule has 2 aromatic rings. The van der Waals surface area contributed by atoms with E-state index in [9.17, 15) is 31.5 Å². The van der Waals surface area contributed by atoms with Crippen LogP contribution in [0.25, 0.3) is 0 Å². The molecule has 3 rings (SSSR count). The van der Waals surface area contributed by atoms with Gasteiger partial charge in [0.1, 0.15) is 11.9 Å². The van der Waals surface area contributed by atoms with Crippen LogP contribution in [0.15, 0.2) is 36.4 Å². The van der Waals surface area contributed by atoms with E-state index in [1.165, 1.54) is 7.05 Å². The summed E-state index contributed by atoms with van der Waals surface area (Å²) in [6.45, 7) is -0.241. The van der Waals surface area contributed by atoms with E-state index in [1.54, 1.807) is 24.3 Å². The molecule has 10 heteroatoms. The zero-order valence-electron chi connectivity index (χ0n) is 15.8. The number of halogens is 5. The fourth-order valence-corrected chi connectivity index (χ4v) is 3.43. The van der Waals surface area contributed by atoms with Gasteiger partial charge >= 0.3 is 5.92 Å². The monoisotopic (exact) mass is 427 g/mol. The molecule has 2 atom stereocenters. The molecular formula is C20H18F5N3O2. The summed E-state index contributed by atoms with van der Waals surface area (Å²) in [6.07, 6.45) is -0.923. The summed E-state index contributed by atoms with van der Waals surface area (Å²) in [5.74, 6) is -10.7. The van der Waals surface area contributed by atoms with E-state index in [2.05, 4.69) is 5.32 Å². The average molecular weight is 427 g/mol. The summed E-state index contributed by atoms with van der Waals surface area (Å²) < 4.78 is 70.0. The van der Waals surface area contributed by atoms with Gasteiger partial charge < -0.3 is 16.0 Å². The minimum atomic E-state index is -4.20. The fourth-order valence-electron chi connectivity index (χ4n) is 3.43. The van der Waals surface area contributed by atoms with E-state index in [4.69, 9.17) is 5.73 Å². The molecule has 0 saturated carbocycles. The maximum Gasteiger partial charge on any atom is 0.339 e. The van der Waals surface area contributed by atoms with Crippen molar-refractivity contribution in [2.24, 2.45) is 5.73 Å². The van der Waals surface area contributed by atoms with Gasteiger partial charge in [-0.1, -0.05) is 24.3 Å². The molecule has 1 heterocycles. The topological polar surface area (TPSA) is 75.4 Å². The summed E-state index contributed by atoms with van der Waals surface area (Å²) in [5.41, 5.74) is 5.82. The van der Waals surface area contributed by atoms with Gasteiger partial charge in [0.2, 0.25) is 5.91 Å². The number of nitrogens with two attached hydrogens (primary N) is 1. The van der Waals surface area contributed by atoms with Gasteiger partial charge in [0.15, 0.2) is 11.6 Å². The summed E-state index contributed by atoms with van der Waals surface area (Å²) in [7, 11) is 1.31. The van der Waals surface area contributed by atoms with Gasteiger partial charge in [-0.05, 0) is 29.2 Å². The molecule has 3 N–H and O–H groups in total. The first-order chi connectivity index (χ1) is 14.1. The van der Waals surface area contributed by atoms with Crippen LogP contribution in [0.5, 0.6) is 0 Å². The molecule has 0 fully saturated rings. The summed E-state index contributed by atoms with van der Waals surface area (Å²) >= 11 is 0. The van der Waals surface area contributed by atoms with Gasteiger partial charge in [0, 0.05) is 19.7 Å². The van der Waals surface area contributed by atoms with Crippen LogP contribution < -0.4 is 11.1 Å². The molecule has 0 saturated heterocycles. The van der Waals surface area contributed by atoms with Crippen molar-refractivity contribution in [2.75, 3.05) is 7.05 Å². The summed E-state index contributed by atoms with van der Waals surface area (Å²) in [6, 6.07) is 3.53. The van der Waals surface area contributed by atoms with E-state index in [0.29, 0.717) is 22.1 Å². The number of carbonyl (C=O) groups excluding carboxylic acids is 2. The zero-order chi connectivity index (χ0) is 22.2. The fraction of sp³-hybridized carbons (Fsp3) is 0.300. The van der Waals surface area contributed by atoms with Crippen molar-refractivity contribution in [3.05, 3.63) is 70.5 Å². The third-order valence-corrected chi connectivity index (χ3v) is 5.04. The third kappa shape index (κ3) is 3.74. The highest BCUT2D eigenvalue weighted by molar-refractivity contribution is 5.93. The number of rotatable bonds is 5. The lowest BCUT2D eigenvalue weighted by atomic mass is 9.99. The number of hydrogen-bond acceptors (Lipinski definition) is 3. The predicted molar refractivity (Wildman–Crippen MR) is 96.7 cm³/mol. The predicted octanol–water partition coefficient (Wildman–Crippen LogP) is 2.44. The van der Waals surface area contributed by atoms with Crippen LogP contribution in [0.4, 0.5) is 22.0 Å². The van der Waals surface area contributed by atoms with Gasteiger partial charge in [-0.15, -0.1) is 0 Å². The van der Waals surface area contributed by atoms with Crippen molar-refractivity contribution in [1.29, 1.82) is 0 Å². The molecule has 0 radical (unpaired) electrons. The molecule has 30 heavy (non-hydrogen) atoms. The highest BCUT2D eigenvalue weighted by Crippen LogP contribution is 2.37. The molecule has 1 aliphatic heterocycles. The Morgan fingerprint density at radius 1 is 1.17 bits per heavy atom. The lowest BCUT2D eigenvalue weighted by molar-refractivity contribution is -0.165. The maximum absolute atomic E-state index is 14.9. The minimum absolute atomic E-state index is 0.218. The van der Waals surface area contributed by atoms with Gasteiger partial charge in [0.05, 0.1) is 6.04 Å². The number of fused-ring (bicyclic) bond motifs is 1. The molecule has 1 aliphatic rings. The van der Waals surface area contributed by atoms with Gasteiger partial charge in [-0.3, -0.25) is 9.59 Å². The number of likely N-dealkylation sites (N-methyl/N-ethyl adjacent to an activating group) is 1. The first-order valence-electron chi connectivity index (χ1n) is 8.95. The summed E-state index contributed by atoms with van der Waals surface area (Å²) in [4.78, 5) is 25.7. The molecule has 0 spiro atoms. The van der Waals surface area contributed by atoms with Crippen molar-refractivity contribution in [1.82, 2.24) is 10.2 Å². The van der Waals surface area contributed by atoms with Crippen LogP contribution in [0.2, 0.25) is 0 Å². The first kappa shape index (κ1) is 21.7. The molecule has 0 bridgehead atoms. The van der Waals surface area contributed by atoms with Gasteiger partial charge in [-0.2, -0.15) is 8.78 Å². The Kier molecular flexibility index (Phi) is 5.80. The quantitative estimate of drug-likeness (QED) is 0.569. The Morgan fingerprint density at radius 3 is 2.47 bits per heavy atom. The van der Waals surface area contributed by atoms with E-state index in [-0.39, 0.29) is 12.6 Å². The molecule has 0 aromatic heterocycles. The van der Waals surface area contributed by atoms with Gasteiger partial charge in [0.25, 0.3) is 5.91 Å². The van der Waals surface area contributed by atoms with E-state index >= 15 is 0 Å². The Hall–Kier alpha value is -3.01. The van der Waals surface area contributed by atoms with Crippen molar-refractivity contribution < 1.29 is 31.5 Å². The number of nitrogens with one attached hydrogen (secondary N) is 1. The van der Waals surface area contributed by atoms with Crippen LogP contribution in [-0.2, 0) is 22.6 Å². The van der Waals surface area contributed by atoms with Crippen LogP contribution in [0.3, 0.4) is 0 Å². The number of carbonyl (C=O) groups is 2. The minimum Gasteiger partial charge on any atom is -0.357 e. The largest absolute Gasteiger partial charge is 0.357 e. The van der Waals surface area contributed by atoms with Crippen LogP contribution in [-0.4, -0.2) is 35.7 Å². The Bertz CT molecular complexity index is 998. The number of benzene rings is 2. The van der Waals surface area contributed by atoms with E-state index in [1.807, 2.05) is 0 Å². The molecule has 2 aromatic carbocycles. The van der Waals surface area contributed by atoms with E-state index in [0.717, 1.165) is 0 Å². The van der Waals surface area contributed by atoms with Gasteiger partial charge in [-0.25, -0.2) is 13.2 Å². The van der Waals surface area contributed by atoms with Crippen molar-refractivity contribution >= 4 is 11.8 Å².